The fourth-order valence-corrected chi connectivity index (χ4v) is 2.78. The lowest BCUT2D eigenvalue weighted by molar-refractivity contribution is -0.119. The topological polar surface area (TPSA) is 63.4 Å². The van der Waals surface area contributed by atoms with Crippen molar-refractivity contribution in [3.8, 4) is 0 Å². The van der Waals surface area contributed by atoms with Crippen molar-refractivity contribution in [3.63, 3.8) is 0 Å². The second kappa shape index (κ2) is 6.26. The highest BCUT2D eigenvalue weighted by Crippen LogP contribution is 2.25. The molecular weight excluding hydrogens is 279 g/mol. The Bertz CT molecular complexity index is 530. The normalized spacial score (nSPS) is 15.3. The highest BCUT2D eigenvalue weighted by atomic mass is 32.1. The molecule has 108 valence electrons. The van der Waals surface area contributed by atoms with Crippen molar-refractivity contribution in [3.05, 3.63) is 29.6 Å². The van der Waals surface area contributed by atoms with Gasteiger partial charge in [0.05, 0.1) is 6.54 Å². The van der Waals surface area contributed by atoms with Crippen molar-refractivity contribution in [1.82, 2.24) is 4.90 Å². The first-order valence-corrected chi connectivity index (χ1v) is 7.01. The third kappa shape index (κ3) is 3.30. The minimum absolute atomic E-state index is 0.0309. The number of rotatable bonds is 4. The number of primary amides is 1. The zero-order valence-corrected chi connectivity index (χ0v) is 11.9. The lowest BCUT2D eigenvalue weighted by Crippen LogP contribution is -2.44. The van der Waals surface area contributed by atoms with Crippen LogP contribution in [0.1, 0.15) is 36.0 Å². The van der Waals surface area contributed by atoms with Crippen LogP contribution < -0.4 is 5.73 Å². The molecule has 2 rings (SSSR count). The summed E-state index contributed by atoms with van der Waals surface area (Å²) in [4.78, 5) is 25.3. The van der Waals surface area contributed by atoms with E-state index in [1.165, 1.54) is 23.1 Å². The summed E-state index contributed by atoms with van der Waals surface area (Å²) in [5, 5.41) is 0. The van der Waals surface area contributed by atoms with Gasteiger partial charge in [-0.15, -0.1) is 12.6 Å². The van der Waals surface area contributed by atoms with Gasteiger partial charge in [-0.3, -0.25) is 9.59 Å². The molecular formula is C14H17FN2O2S. The standard InChI is InChI=1S/C14H17FN2O2S/c15-11-6-5-9(7-12(11)20)14(19)17(8-13(16)18)10-3-1-2-4-10/h5-7,10,20H,1-4,8H2,(H2,16,18). The SMILES string of the molecule is NC(=O)CN(C(=O)c1ccc(F)c(S)c1)C1CCCC1. The summed E-state index contributed by atoms with van der Waals surface area (Å²) in [6.07, 6.45) is 3.81. The van der Waals surface area contributed by atoms with Crippen LogP contribution in [0, 0.1) is 5.82 Å². The molecule has 6 heteroatoms. The van der Waals surface area contributed by atoms with Gasteiger partial charge in [0.1, 0.15) is 5.82 Å². The summed E-state index contributed by atoms with van der Waals surface area (Å²) >= 11 is 3.97. The predicted molar refractivity (Wildman–Crippen MR) is 76.1 cm³/mol. The van der Waals surface area contributed by atoms with E-state index in [9.17, 15) is 14.0 Å². The molecule has 1 saturated carbocycles. The quantitative estimate of drug-likeness (QED) is 0.835. The lowest BCUT2D eigenvalue weighted by atomic mass is 10.1. The van der Waals surface area contributed by atoms with Gasteiger partial charge in [0.2, 0.25) is 5.91 Å². The summed E-state index contributed by atoms with van der Waals surface area (Å²) in [6.45, 7) is -0.108. The largest absolute Gasteiger partial charge is 0.368 e. The smallest absolute Gasteiger partial charge is 0.254 e. The van der Waals surface area contributed by atoms with Crippen molar-refractivity contribution >= 4 is 24.4 Å². The molecule has 0 atom stereocenters. The minimum atomic E-state index is -0.543. The number of carbonyl (C=O) groups is 2. The second-order valence-corrected chi connectivity index (χ2v) is 5.49. The van der Waals surface area contributed by atoms with Gasteiger partial charge in [0, 0.05) is 16.5 Å². The van der Waals surface area contributed by atoms with Crippen molar-refractivity contribution in [1.29, 1.82) is 0 Å². The van der Waals surface area contributed by atoms with Gasteiger partial charge in [-0.2, -0.15) is 0 Å². The Kier molecular flexibility index (Phi) is 4.65. The Labute approximate surface area is 122 Å². The van der Waals surface area contributed by atoms with E-state index in [-0.39, 0.29) is 23.4 Å². The maximum atomic E-state index is 13.2. The average molecular weight is 296 g/mol. The van der Waals surface area contributed by atoms with Crippen LogP contribution in [0.4, 0.5) is 4.39 Å². The first-order valence-electron chi connectivity index (χ1n) is 6.57. The predicted octanol–water partition coefficient (Wildman–Crippen LogP) is 1.98. The van der Waals surface area contributed by atoms with E-state index in [4.69, 9.17) is 5.73 Å². The zero-order chi connectivity index (χ0) is 14.7. The molecule has 1 aliphatic carbocycles. The van der Waals surface area contributed by atoms with Gasteiger partial charge in [0.25, 0.3) is 5.91 Å². The van der Waals surface area contributed by atoms with Gasteiger partial charge in [0.15, 0.2) is 0 Å². The Hall–Kier alpha value is -1.56. The molecule has 0 radical (unpaired) electrons. The number of nitrogens with zero attached hydrogens (tertiary/aromatic N) is 1. The number of hydrogen-bond donors (Lipinski definition) is 2. The number of amides is 2. The molecule has 0 aliphatic heterocycles. The first kappa shape index (κ1) is 14.8. The van der Waals surface area contributed by atoms with Crippen LogP contribution in [0.25, 0.3) is 0 Å². The zero-order valence-electron chi connectivity index (χ0n) is 11.0. The molecule has 0 heterocycles. The molecule has 2 amide bonds. The Morgan fingerprint density at radius 2 is 2.00 bits per heavy atom. The minimum Gasteiger partial charge on any atom is -0.368 e. The van der Waals surface area contributed by atoms with Crippen LogP contribution in [0.3, 0.4) is 0 Å². The molecule has 1 aliphatic rings. The van der Waals surface area contributed by atoms with Crippen molar-refractivity contribution in [2.24, 2.45) is 5.73 Å². The Morgan fingerprint density at radius 1 is 1.35 bits per heavy atom. The fraction of sp³-hybridized carbons (Fsp3) is 0.429. The van der Waals surface area contributed by atoms with Gasteiger partial charge in [-0.05, 0) is 31.0 Å². The maximum absolute atomic E-state index is 13.2. The van der Waals surface area contributed by atoms with Crippen LogP contribution >= 0.6 is 12.6 Å². The van der Waals surface area contributed by atoms with E-state index < -0.39 is 11.7 Å². The molecule has 4 nitrogen and oxygen atoms in total. The van der Waals surface area contributed by atoms with Crippen LogP contribution in [0.5, 0.6) is 0 Å². The van der Waals surface area contributed by atoms with E-state index in [1.807, 2.05) is 0 Å². The summed E-state index contributed by atoms with van der Waals surface area (Å²) in [5.74, 6) is -1.32. The first-order chi connectivity index (χ1) is 9.49. The molecule has 0 saturated heterocycles. The summed E-state index contributed by atoms with van der Waals surface area (Å²) < 4.78 is 13.2. The summed E-state index contributed by atoms with van der Waals surface area (Å²) in [6, 6.07) is 4.01. The van der Waals surface area contributed by atoms with Crippen molar-refractivity contribution in [2.75, 3.05) is 6.54 Å². The van der Waals surface area contributed by atoms with Gasteiger partial charge in [-0.25, -0.2) is 4.39 Å². The lowest BCUT2D eigenvalue weighted by Gasteiger charge is -2.28. The Morgan fingerprint density at radius 3 is 2.55 bits per heavy atom. The van der Waals surface area contributed by atoms with E-state index >= 15 is 0 Å². The van der Waals surface area contributed by atoms with Gasteiger partial charge < -0.3 is 10.6 Å². The number of carbonyl (C=O) groups excluding carboxylic acids is 2. The molecule has 1 aromatic carbocycles. The van der Waals surface area contributed by atoms with Crippen molar-refractivity contribution < 1.29 is 14.0 Å². The molecule has 0 aromatic heterocycles. The van der Waals surface area contributed by atoms with Crippen LogP contribution in [-0.2, 0) is 4.79 Å². The van der Waals surface area contributed by atoms with Crippen LogP contribution in [0.15, 0.2) is 23.1 Å². The number of hydrogen-bond acceptors (Lipinski definition) is 3. The fourth-order valence-electron chi connectivity index (χ4n) is 2.56. The maximum Gasteiger partial charge on any atom is 0.254 e. The number of thiol groups is 1. The van der Waals surface area contributed by atoms with Gasteiger partial charge >= 0.3 is 0 Å². The van der Waals surface area contributed by atoms with Gasteiger partial charge in [-0.1, -0.05) is 12.8 Å². The number of halogens is 1. The molecule has 1 fully saturated rings. The summed E-state index contributed by atoms with van der Waals surface area (Å²) in [7, 11) is 0. The van der Waals surface area contributed by atoms with E-state index in [1.54, 1.807) is 0 Å². The van der Waals surface area contributed by atoms with E-state index in [2.05, 4.69) is 12.6 Å². The third-order valence-electron chi connectivity index (χ3n) is 3.55. The Balaban J connectivity index is 2.24. The molecule has 0 spiro atoms. The summed E-state index contributed by atoms with van der Waals surface area (Å²) in [5.41, 5.74) is 5.55. The van der Waals surface area contributed by atoms with Crippen molar-refractivity contribution in [2.45, 2.75) is 36.6 Å². The second-order valence-electron chi connectivity index (χ2n) is 5.00. The molecule has 20 heavy (non-hydrogen) atoms. The molecule has 1 aromatic rings. The number of nitrogens with two attached hydrogens (primary N) is 1. The highest BCUT2D eigenvalue weighted by molar-refractivity contribution is 7.80. The molecule has 0 unspecified atom stereocenters. The van der Waals surface area contributed by atoms with E-state index in [0.29, 0.717) is 5.56 Å². The van der Waals surface area contributed by atoms with Crippen LogP contribution in [0.2, 0.25) is 0 Å². The monoisotopic (exact) mass is 296 g/mol. The van der Waals surface area contributed by atoms with Crippen LogP contribution in [-0.4, -0.2) is 29.3 Å². The average Bonchev–Trinajstić information content (AvgIpc) is 2.92. The highest BCUT2D eigenvalue weighted by Gasteiger charge is 2.28. The molecule has 2 N–H and O–H groups in total. The number of benzene rings is 1. The van der Waals surface area contributed by atoms with E-state index in [0.717, 1.165) is 25.7 Å². The molecule has 0 bridgehead atoms. The third-order valence-corrected chi connectivity index (χ3v) is 3.89.